The molecule has 32 heavy (non-hydrogen) atoms. The van der Waals surface area contributed by atoms with E-state index in [0.717, 1.165) is 5.56 Å². The molecule has 7 nitrogen and oxygen atoms in total. The number of aliphatic imine (C=N–C) groups is 1. The lowest BCUT2D eigenvalue weighted by Gasteiger charge is -2.13. The van der Waals surface area contributed by atoms with Crippen molar-refractivity contribution in [2.75, 3.05) is 20.3 Å². The molecular formula is C23H21BrN2O5S. The van der Waals surface area contributed by atoms with Crippen LogP contribution < -0.4 is 9.47 Å². The molecule has 0 radical (unpaired) electrons. The van der Waals surface area contributed by atoms with Gasteiger partial charge in [-0.05, 0) is 82.7 Å². The largest absolute Gasteiger partial charge is 0.493 e. The van der Waals surface area contributed by atoms with E-state index in [1.54, 1.807) is 42.4 Å². The number of ether oxygens (including phenoxy) is 2. The number of thioether (sulfide) groups is 1. The lowest BCUT2D eigenvalue weighted by atomic mass is 10.2. The smallest absolute Gasteiger partial charge is 0.335 e. The van der Waals surface area contributed by atoms with Crippen LogP contribution in [0.5, 0.6) is 11.5 Å². The van der Waals surface area contributed by atoms with Crippen LogP contribution in [0.15, 0.2) is 63.4 Å². The normalized spacial score (nSPS) is 16.0. The number of hydrogen-bond acceptors (Lipinski definition) is 6. The van der Waals surface area contributed by atoms with E-state index in [0.29, 0.717) is 44.9 Å². The molecule has 1 fully saturated rings. The van der Waals surface area contributed by atoms with E-state index in [1.165, 1.54) is 23.9 Å². The van der Waals surface area contributed by atoms with Crippen LogP contribution >= 0.6 is 27.7 Å². The number of carbonyl (C=O) groups is 2. The SMILES string of the molecule is C=CCOc1c(Br)cc(/C=C2/SC(=Nc3ccc(C(=O)O)cc3)N(CC)C2=O)cc1OC. The summed E-state index contributed by atoms with van der Waals surface area (Å²) < 4.78 is 11.8. The molecule has 0 atom stereocenters. The number of benzene rings is 2. The summed E-state index contributed by atoms with van der Waals surface area (Å²) in [4.78, 5) is 30.6. The van der Waals surface area contributed by atoms with Gasteiger partial charge in [0, 0.05) is 6.54 Å². The highest BCUT2D eigenvalue weighted by Gasteiger charge is 2.32. The standard InChI is InChI=1S/C23H21BrN2O5S/c1-4-10-31-20-17(24)11-14(12-18(20)30-3)13-19-21(27)26(5-2)23(32-19)25-16-8-6-15(7-9-16)22(28)29/h4,6-9,11-13H,1,5,10H2,2-3H3,(H,28,29)/b19-13+,25-23?. The van der Waals surface area contributed by atoms with Crippen LogP contribution in [0.2, 0.25) is 0 Å². The Labute approximate surface area is 198 Å². The molecule has 0 unspecified atom stereocenters. The molecule has 0 aromatic heterocycles. The van der Waals surface area contributed by atoms with Crippen molar-refractivity contribution in [2.45, 2.75) is 6.92 Å². The monoisotopic (exact) mass is 516 g/mol. The van der Waals surface area contributed by atoms with E-state index in [-0.39, 0.29) is 11.5 Å². The molecule has 2 aromatic rings. The highest BCUT2D eigenvalue weighted by Crippen LogP contribution is 2.39. The Kier molecular flexibility index (Phi) is 7.76. The maximum Gasteiger partial charge on any atom is 0.335 e. The molecule has 0 aliphatic carbocycles. The third kappa shape index (κ3) is 5.23. The second kappa shape index (κ2) is 10.5. The number of carboxylic acid groups (broad SMARTS) is 1. The molecule has 1 amide bonds. The molecule has 1 N–H and O–H groups in total. The van der Waals surface area contributed by atoms with Gasteiger partial charge in [-0.1, -0.05) is 12.7 Å². The van der Waals surface area contributed by atoms with Gasteiger partial charge in [-0.2, -0.15) is 0 Å². The van der Waals surface area contributed by atoms with Gasteiger partial charge in [-0.25, -0.2) is 9.79 Å². The van der Waals surface area contributed by atoms with Crippen molar-refractivity contribution < 1.29 is 24.2 Å². The molecule has 1 heterocycles. The maximum atomic E-state index is 12.9. The Morgan fingerprint density at radius 1 is 1.31 bits per heavy atom. The summed E-state index contributed by atoms with van der Waals surface area (Å²) in [6, 6.07) is 9.83. The number of aromatic carboxylic acids is 1. The molecule has 9 heteroatoms. The number of halogens is 1. The van der Waals surface area contributed by atoms with Gasteiger partial charge in [-0.15, -0.1) is 0 Å². The van der Waals surface area contributed by atoms with Crippen LogP contribution in [0.4, 0.5) is 5.69 Å². The first-order chi connectivity index (χ1) is 15.4. The van der Waals surface area contributed by atoms with Gasteiger partial charge < -0.3 is 14.6 Å². The highest BCUT2D eigenvalue weighted by molar-refractivity contribution is 9.10. The van der Waals surface area contributed by atoms with Gasteiger partial charge in [0.1, 0.15) is 6.61 Å². The number of methoxy groups -OCH3 is 1. The minimum absolute atomic E-state index is 0.152. The molecule has 166 valence electrons. The summed E-state index contributed by atoms with van der Waals surface area (Å²) in [5.41, 5.74) is 1.51. The summed E-state index contributed by atoms with van der Waals surface area (Å²) in [6.45, 7) is 6.31. The van der Waals surface area contributed by atoms with Crippen molar-refractivity contribution in [3.63, 3.8) is 0 Å². The zero-order chi connectivity index (χ0) is 23.3. The van der Waals surface area contributed by atoms with E-state index in [1.807, 2.05) is 13.0 Å². The van der Waals surface area contributed by atoms with E-state index in [4.69, 9.17) is 14.6 Å². The van der Waals surface area contributed by atoms with E-state index < -0.39 is 5.97 Å². The maximum absolute atomic E-state index is 12.9. The number of amides is 1. The fourth-order valence-electron chi connectivity index (χ4n) is 2.92. The average Bonchev–Trinajstić information content (AvgIpc) is 3.06. The van der Waals surface area contributed by atoms with Crippen LogP contribution in [0.25, 0.3) is 6.08 Å². The predicted octanol–water partition coefficient (Wildman–Crippen LogP) is 5.34. The minimum Gasteiger partial charge on any atom is -0.493 e. The summed E-state index contributed by atoms with van der Waals surface area (Å²) in [5, 5.41) is 9.57. The van der Waals surface area contributed by atoms with Crippen molar-refractivity contribution in [3.8, 4) is 11.5 Å². The van der Waals surface area contributed by atoms with Crippen molar-refractivity contribution in [3.05, 3.63) is 69.6 Å². The number of carbonyl (C=O) groups excluding carboxylic acids is 1. The highest BCUT2D eigenvalue weighted by atomic mass is 79.9. The first kappa shape index (κ1) is 23.6. The Bertz CT molecular complexity index is 1110. The van der Waals surface area contributed by atoms with E-state index in [2.05, 4.69) is 27.5 Å². The fourth-order valence-corrected chi connectivity index (χ4v) is 4.55. The van der Waals surface area contributed by atoms with Gasteiger partial charge >= 0.3 is 5.97 Å². The number of nitrogens with zero attached hydrogens (tertiary/aromatic N) is 2. The molecular weight excluding hydrogens is 496 g/mol. The zero-order valence-corrected chi connectivity index (χ0v) is 19.9. The minimum atomic E-state index is -1.00. The van der Waals surface area contributed by atoms with Crippen molar-refractivity contribution in [1.29, 1.82) is 0 Å². The van der Waals surface area contributed by atoms with Crippen molar-refractivity contribution in [2.24, 2.45) is 4.99 Å². The third-order valence-corrected chi connectivity index (χ3v) is 6.03. The fraction of sp³-hybridized carbons (Fsp3) is 0.174. The zero-order valence-electron chi connectivity index (χ0n) is 17.5. The van der Waals surface area contributed by atoms with Gasteiger partial charge in [-0.3, -0.25) is 9.69 Å². The van der Waals surface area contributed by atoms with Gasteiger partial charge in [0.05, 0.1) is 27.7 Å². The van der Waals surface area contributed by atoms with Crippen molar-refractivity contribution in [1.82, 2.24) is 4.90 Å². The third-order valence-electron chi connectivity index (χ3n) is 4.44. The van der Waals surface area contributed by atoms with Crippen LogP contribution in [0, 0.1) is 0 Å². The Balaban J connectivity index is 1.92. The molecule has 0 saturated carbocycles. The summed E-state index contributed by atoms with van der Waals surface area (Å²) in [6.07, 6.45) is 3.42. The quantitative estimate of drug-likeness (QED) is 0.376. The second-order valence-corrected chi connectivity index (χ2v) is 8.40. The lowest BCUT2D eigenvalue weighted by Crippen LogP contribution is -2.28. The lowest BCUT2D eigenvalue weighted by molar-refractivity contribution is -0.122. The Morgan fingerprint density at radius 3 is 2.62 bits per heavy atom. The number of amidine groups is 1. The second-order valence-electron chi connectivity index (χ2n) is 6.54. The van der Waals surface area contributed by atoms with Crippen LogP contribution in [-0.4, -0.2) is 47.3 Å². The Morgan fingerprint density at radius 2 is 2.03 bits per heavy atom. The van der Waals surface area contributed by atoms with E-state index >= 15 is 0 Å². The molecule has 0 bridgehead atoms. The molecule has 3 rings (SSSR count). The van der Waals surface area contributed by atoms with Crippen molar-refractivity contribution >= 4 is 56.5 Å². The predicted molar refractivity (Wildman–Crippen MR) is 130 cm³/mol. The summed E-state index contributed by atoms with van der Waals surface area (Å²) in [7, 11) is 1.55. The average molecular weight is 517 g/mol. The molecule has 2 aromatic carbocycles. The first-order valence-corrected chi connectivity index (χ1v) is 11.2. The molecule has 0 spiro atoms. The molecule has 1 aliphatic rings. The summed E-state index contributed by atoms with van der Waals surface area (Å²) in [5.74, 6) is -0.0662. The van der Waals surface area contributed by atoms with Gasteiger partial charge in [0.15, 0.2) is 16.7 Å². The molecule has 1 aliphatic heterocycles. The molecule has 1 saturated heterocycles. The van der Waals surface area contributed by atoms with Gasteiger partial charge in [0.25, 0.3) is 5.91 Å². The first-order valence-electron chi connectivity index (χ1n) is 9.62. The Hall–Kier alpha value is -3.04. The van der Waals surface area contributed by atoms with Crippen LogP contribution in [0.3, 0.4) is 0 Å². The topological polar surface area (TPSA) is 88.4 Å². The number of likely N-dealkylation sites (N-methyl/N-ethyl adjacent to an activating group) is 1. The number of hydrogen-bond donors (Lipinski definition) is 1. The van der Waals surface area contributed by atoms with Crippen LogP contribution in [-0.2, 0) is 4.79 Å². The summed E-state index contributed by atoms with van der Waals surface area (Å²) >= 11 is 4.75. The number of rotatable bonds is 8. The number of carboxylic acids is 1. The van der Waals surface area contributed by atoms with Crippen LogP contribution in [0.1, 0.15) is 22.8 Å². The van der Waals surface area contributed by atoms with Gasteiger partial charge in [0.2, 0.25) is 0 Å². The van der Waals surface area contributed by atoms with E-state index in [9.17, 15) is 9.59 Å².